The minimum Gasteiger partial charge on any atom is -0.484 e. The maximum atomic E-state index is 12.2. The lowest BCUT2D eigenvalue weighted by atomic mass is 9.97. The number of para-hydroxylation sites is 1. The van der Waals surface area contributed by atoms with Gasteiger partial charge >= 0.3 is 0 Å². The molecular weight excluding hydrogens is 240 g/mol. The molecule has 2 unspecified atom stereocenters. The SMILES string of the molecule is CC(N)C1CCCCN1C(=O)COc1ccccc1. The molecule has 4 heteroatoms. The first-order valence-electron chi connectivity index (χ1n) is 6.91. The average molecular weight is 262 g/mol. The monoisotopic (exact) mass is 262 g/mol. The molecule has 2 rings (SSSR count). The third-order valence-electron chi connectivity index (χ3n) is 3.58. The Hall–Kier alpha value is -1.55. The Balaban J connectivity index is 1.91. The molecule has 0 aliphatic carbocycles. The summed E-state index contributed by atoms with van der Waals surface area (Å²) in [4.78, 5) is 14.1. The first kappa shape index (κ1) is 13.9. The van der Waals surface area contributed by atoms with E-state index < -0.39 is 0 Å². The van der Waals surface area contributed by atoms with E-state index in [9.17, 15) is 4.79 Å². The van der Waals surface area contributed by atoms with Crippen molar-refractivity contribution in [3.8, 4) is 5.75 Å². The summed E-state index contributed by atoms with van der Waals surface area (Å²) in [5, 5.41) is 0. The van der Waals surface area contributed by atoms with Crippen LogP contribution in [0.3, 0.4) is 0 Å². The zero-order chi connectivity index (χ0) is 13.7. The number of ether oxygens (including phenoxy) is 1. The van der Waals surface area contributed by atoms with Gasteiger partial charge in [-0.15, -0.1) is 0 Å². The predicted molar refractivity (Wildman–Crippen MR) is 74.9 cm³/mol. The van der Waals surface area contributed by atoms with Crippen LogP contribution in [-0.4, -0.2) is 36.0 Å². The van der Waals surface area contributed by atoms with E-state index in [1.165, 1.54) is 0 Å². The summed E-state index contributed by atoms with van der Waals surface area (Å²) >= 11 is 0. The van der Waals surface area contributed by atoms with Crippen molar-refractivity contribution in [2.45, 2.75) is 38.3 Å². The number of rotatable bonds is 4. The smallest absolute Gasteiger partial charge is 0.260 e. The van der Waals surface area contributed by atoms with Gasteiger partial charge in [0.25, 0.3) is 5.91 Å². The lowest BCUT2D eigenvalue weighted by Gasteiger charge is -2.38. The van der Waals surface area contributed by atoms with Gasteiger partial charge in [0.1, 0.15) is 5.75 Å². The fourth-order valence-corrected chi connectivity index (χ4v) is 2.56. The molecule has 1 fully saturated rings. The maximum absolute atomic E-state index is 12.2. The van der Waals surface area contributed by atoms with Crippen LogP contribution in [0.5, 0.6) is 5.75 Å². The van der Waals surface area contributed by atoms with E-state index in [-0.39, 0.29) is 24.6 Å². The van der Waals surface area contributed by atoms with Crippen LogP contribution in [-0.2, 0) is 4.79 Å². The van der Waals surface area contributed by atoms with Crippen molar-refractivity contribution in [3.05, 3.63) is 30.3 Å². The topological polar surface area (TPSA) is 55.6 Å². The molecule has 1 aromatic rings. The normalized spacial score (nSPS) is 20.9. The maximum Gasteiger partial charge on any atom is 0.260 e. The standard InChI is InChI=1S/C15H22N2O2/c1-12(16)14-9-5-6-10-17(14)15(18)11-19-13-7-3-2-4-8-13/h2-4,7-8,12,14H,5-6,9-11,16H2,1H3. The van der Waals surface area contributed by atoms with Gasteiger partial charge in [-0.3, -0.25) is 4.79 Å². The molecular formula is C15H22N2O2. The number of amides is 1. The van der Waals surface area contributed by atoms with Gasteiger partial charge in [-0.05, 0) is 38.3 Å². The Kier molecular flexibility index (Phi) is 4.80. The van der Waals surface area contributed by atoms with E-state index >= 15 is 0 Å². The highest BCUT2D eigenvalue weighted by molar-refractivity contribution is 5.78. The second-order valence-corrected chi connectivity index (χ2v) is 5.11. The number of nitrogens with two attached hydrogens (primary N) is 1. The molecule has 0 spiro atoms. The summed E-state index contributed by atoms with van der Waals surface area (Å²) in [6.07, 6.45) is 3.20. The van der Waals surface area contributed by atoms with Gasteiger partial charge in [-0.25, -0.2) is 0 Å². The molecule has 0 bridgehead atoms. The minimum atomic E-state index is 0.0148. The summed E-state index contributed by atoms with van der Waals surface area (Å²) in [5.74, 6) is 0.760. The Bertz CT molecular complexity index is 406. The van der Waals surface area contributed by atoms with Crippen molar-refractivity contribution in [3.63, 3.8) is 0 Å². The van der Waals surface area contributed by atoms with Crippen LogP contribution < -0.4 is 10.5 Å². The van der Waals surface area contributed by atoms with Crippen molar-refractivity contribution in [1.82, 2.24) is 4.90 Å². The quantitative estimate of drug-likeness (QED) is 0.900. The van der Waals surface area contributed by atoms with Gasteiger partial charge < -0.3 is 15.4 Å². The van der Waals surface area contributed by atoms with E-state index in [1.807, 2.05) is 42.2 Å². The first-order valence-corrected chi connectivity index (χ1v) is 6.91. The Morgan fingerprint density at radius 1 is 1.42 bits per heavy atom. The fraction of sp³-hybridized carbons (Fsp3) is 0.533. The van der Waals surface area contributed by atoms with E-state index in [0.717, 1.165) is 31.6 Å². The van der Waals surface area contributed by atoms with E-state index in [1.54, 1.807) is 0 Å². The number of carbonyl (C=O) groups is 1. The lowest BCUT2D eigenvalue weighted by Crippen LogP contribution is -2.52. The number of carbonyl (C=O) groups excluding carboxylic acids is 1. The zero-order valence-electron chi connectivity index (χ0n) is 11.4. The minimum absolute atomic E-state index is 0.0148. The number of hydrogen-bond acceptors (Lipinski definition) is 3. The Labute approximate surface area is 114 Å². The van der Waals surface area contributed by atoms with Gasteiger partial charge in [0, 0.05) is 18.6 Å². The average Bonchev–Trinajstić information content (AvgIpc) is 2.46. The number of benzene rings is 1. The summed E-state index contributed by atoms with van der Waals surface area (Å²) in [7, 11) is 0. The summed E-state index contributed by atoms with van der Waals surface area (Å²) in [6, 6.07) is 9.59. The number of likely N-dealkylation sites (tertiary alicyclic amines) is 1. The van der Waals surface area contributed by atoms with Crippen LogP contribution >= 0.6 is 0 Å². The van der Waals surface area contributed by atoms with Crippen LogP contribution in [0, 0.1) is 0 Å². The summed E-state index contributed by atoms with van der Waals surface area (Å²) in [5.41, 5.74) is 5.97. The molecule has 1 aliphatic rings. The van der Waals surface area contributed by atoms with Gasteiger partial charge in [0.05, 0.1) is 0 Å². The molecule has 1 aliphatic heterocycles. The first-order chi connectivity index (χ1) is 9.18. The van der Waals surface area contributed by atoms with Crippen LogP contribution in [0.15, 0.2) is 30.3 Å². The Morgan fingerprint density at radius 2 is 2.16 bits per heavy atom. The van der Waals surface area contributed by atoms with Crippen molar-refractivity contribution < 1.29 is 9.53 Å². The molecule has 2 N–H and O–H groups in total. The van der Waals surface area contributed by atoms with E-state index in [2.05, 4.69) is 0 Å². The van der Waals surface area contributed by atoms with Crippen molar-refractivity contribution in [2.24, 2.45) is 5.73 Å². The molecule has 19 heavy (non-hydrogen) atoms. The largest absolute Gasteiger partial charge is 0.484 e. The third-order valence-corrected chi connectivity index (χ3v) is 3.58. The highest BCUT2D eigenvalue weighted by Crippen LogP contribution is 2.19. The predicted octanol–water partition coefficient (Wildman–Crippen LogP) is 1.79. The van der Waals surface area contributed by atoms with Crippen molar-refractivity contribution >= 4 is 5.91 Å². The number of nitrogens with zero attached hydrogens (tertiary/aromatic N) is 1. The van der Waals surface area contributed by atoms with Gasteiger partial charge in [0.2, 0.25) is 0 Å². The van der Waals surface area contributed by atoms with E-state index in [4.69, 9.17) is 10.5 Å². The molecule has 1 heterocycles. The van der Waals surface area contributed by atoms with Gasteiger partial charge in [-0.1, -0.05) is 18.2 Å². The van der Waals surface area contributed by atoms with Crippen molar-refractivity contribution in [1.29, 1.82) is 0 Å². The van der Waals surface area contributed by atoms with Crippen LogP contribution in [0.1, 0.15) is 26.2 Å². The number of piperidine rings is 1. The molecule has 0 radical (unpaired) electrons. The Morgan fingerprint density at radius 3 is 2.84 bits per heavy atom. The van der Waals surface area contributed by atoms with Crippen molar-refractivity contribution in [2.75, 3.05) is 13.2 Å². The molecule has 1 saturated heterocycles. The van der Waals surface area contributed by atoms with Gasteiger partial charge in [0.15, 0.2) is 6.61 Å². The molecule has 0 saturated carbocycles. The van der Waals surface area contributed by atoms with E-state index in [0.29, 0.717) is 0 Å². The second kappa shape index (κ2) is 6.57. The summed E-state index contributed by atoms with van der Waals surface area (Å²) in [6.45, 7) is 2.85. The molecule has 1 amide bonds. The number of hydrogen-bond donors (Lipinski definition) is 1. The van der Waals surface area contributed by atoms with Crippen LogP contribution in [0.25, 0.3) is 0 Å². The second-order valence-electron chi connectivity index (χ2n) is 5.11. The highest BCUT2D eigenvalue weighted by Gasteiger charge is 2.29. The molecule has 1 aromatic carbocycles. The van der Waals surface area contributed by atoms with Crippen LogP contribution in [0.2, 0.25) is 0 Å². The van der Waals surface area contributed by atoms with Gasteiger partial charge in [-0.2, -0.15) is 0 Å². The zero-order valence-corrected chi connectivity index (χ0v) is 11.4. The van der Waals surface area contributed by atoms with Crippen LogP contribution in [0.4, 0.5) is 0 Å². The fourth-order valence-electron chi connectivity index (χ4n) is 2.56. The molecule has 0 aromatic heterocycles. The lowest BCUT2D eigenvalue weighted by molar-refractivity contribution is -0.137. The molecule has 2 atom stereocenters. The molecule has 4 nitrogen and oxygen atoms in total. The highest BCUT2D eigenvalue weighted by atomic mass is 16.5. The third kappa shape index (κ3) is 3.70. The molecule has 104 valence electrons. The summed E-state index contributed by atoms with van der Waals surface area (Å²) < 4.78 is 5.52.